The maximum atomic E-state index is 4.73. The second-order valence-corrected chi connectivity index (χ2v) is 7.53. The van der Waals surface area contributed by atoms with Crippen molar-refractivity contribution in [1.29, 1.82) is 0 Å². The highest BCUT2D eigenvalue weighted by Gasteiger charge is 2.07. The van der Waals surface area contributed by atoms with Crippen molar-refractivity contribution >= 4 is 34.6 Å². The lowest BCUT2D eigenvalue weighted by atomic mass is 10.2. The molecule has 0 amide bonds. The molecule has 0 radical (unpaired) electrons. The van der Waals surface area contributed by atoms with Crippen LogP contribution in [-0.2, 0) is 0 Å². The van der Waals surface area contributed by atoms with Gasteiger partial charge in [-0.3, -0.25) is 4.99 Å². The van der Waals surface area contributed by atoms with Crippen molar-refractivity contribution in [2.45, 2.75) is 23.6 Å². The van der Waals surface area contributed by atoms with Gasteiger partial charge in [0.15, 0.2) is 0 Å². The standard InChI is InChI=1S/C24H20N2S/c1-17-8-7-9-18(2)24(17)27-23-13-6-5-12-22(23)25-16-20-15-14-19-10-3-4-11-21(19)26-20/h3-16H,1-2H3. The number of hydrogen-bond donors (Lipinski definition) is 0. The van der Waals surface area contributed by atoms with Gasteiger partial charge in [0.25, 0.3) is 0 Å². The number of aryl methyl sites for hydroxylation is 2. The first-order valence-corrected chi connectivity index (χ1v) is 9.75. The number of hydrogen-bond acceptors (Lipinski definition) is 3. The molecule has 4 rings (SSSR count). The fraction of sp³-hybridized carbons (Fsp3) is 0.0833. The molecule has 0 unspecified atom stereocenters. The third-order valence-corrected chi connectivity index (χ3v) is 5.86. The third kappa shape index (κ3) is 3.93. The molecule has 27 heavy (non-hydrogen) atoms. The first kappa shape index (κ1) is 17.5. The SMILES string of the molecule is Cc1cccc(C)c1Sc1ccccc1N=Cc1ccc2ccccc2n1. The Morgan fingerprint density at radius 3 is 2.37 bits per heavy atom. The van der Waals surface area contributed by atoms with E-state index in [0.29, 0.717) is 0 Å². The normalized spacial score (nSPS) is 11.3. The van der Waals surface area contributed by atoms with Crippen molar-refractivity contribution in [3.05, 3.63) is 95.7 Å². The van der Waals surface area contributed by atoms with Crippen molar-refractivity contribution < 1.29 is 0 Å². The van der Waals surface area contributed by atoms with Crippen molar-refractivity contribution in [3.8, 4) is 0 Å². The number of rotatable bonds is 4. The first-order chi connectivity index (χ1) is 13.2. The van der Waals surface area contributed by atoms with Gasteiger partial charge >= 0.3 is 0 Å². The molecule has 132 valence electrons. The molecule has 0 spiro atoms. The van der Waals surface area contributed by atoms with Crippen LogP contribution in [0.2, 0.25) is 0 Å². The summed E-state index contributed by atoms with van der Waals surface area (Å²) in [7, 11) is 0. The summed E-state index contributed by atoms with van der Waals surface area (Å²) in [6, 6.07) is 26.9. The average Bonchev–Trinajstić information content (AvgIpc) is 2.70. The zero-order valence-electron chi connectivity index (χ0n) is 15.4. The zero-order chi connectivity index (χ0) is 18.6. The van der Waals surface area contributed by atoms with E-state index in [1.165, 1.54) is 16.0 Å². The predicted octanol–water partition coefficient (Wildman–Crippen LogP) is 6.75. The molecule has 1 aromatic heterocycles. The number of fused-ring (bicyclic) bond motifs is 1. The highest BCUT2D eigenvalue weighted by molar-refractivity contribution is 7.99. The lowest BCUT2D eigenvalue weighted by Gasteiger charge is -2.10. The topological polar surface area (TPSA) is 25.2 Å². The van der Waals surface area contributed by atoms with E-state index in [-0.39, 0.29) is 0 Å². The van der Waals surface area contributed by atoms with Gasteiger partial charge in [0.1, 0.15) is 0 Å². The zero-order valence-corrected chi connectivity index (χ0v) is 16.2. The van der Waals surface area contributed by atoms with Gasteiger partial charge in [-0.2, -0.15) is 0 Å². The minimum atomic E-state index is 0.862. The van der Waals surface area contributed by atoms with Crippen LogP contribution in [-0.4, -0.2) is 11.2 Å². The van der Waals surface area contributed by atoms with E-state index < -0.39 is 0 Å². The summed E-state index contributed by atoms with van der Waals surface area (Å²) in [5.41, 5.74) is 5.38. The number of aliphatic imine (C=N–C) groups is 1. The molecule has 0 saturated carbocycles. The van der Waals surface area contributed by atoms with Gasteiger partial charge < -0.3 is 0 Å². The molecule has 0 N–H and O–H groups in total. The quantitative estimate of drug-likeness (QED) is 0.372. The Balaban J connectivity index is 1.65. The molecular weight excluding hydrogens is 348 g/mol. The Hall–Kier alpha value is -2.91. The van der Waals surface area contributed by atoms with Crippen LogP contribution in [0.25, 0.3) is 10.9 Å². The minimum absolute atomic E-state index is 0.862. The second-order valence-electron chi connectivity index (χ2n) is 6.48. The number of para-hydroxylation sites is 2. The summed E-state index contributed by atoms with van der Waals surface area (Å²) >= 11 is 1.77. The molecule has 2 nitrogen and oxygen atoms in total. The predicted molar refractivity (Wildman–Crippen MR) is 115 cm³/mol. The van der Waals surface area contributed by atoms with Gasteiger partial charge in [-0.05, 0) is 49.2 Å². The van der Waals surface area contributed by atoms with E-state index in [2.05, 4.69) is 61.3 Å². The molecule has 3 heteroatoms. The lowest BCUT2D eigenvalue weighted by molar-refractivity contribution is 1.21. The maximum absolute atomic E-state index is 4.73. The van der Waals surface area contributed by atoms with Gasteiger partial charge in [-0.1, -0.05) is 66.4 Å². The fourth-order valence-electron chi connectivity index (χ4n) is 3.01. The Morgan fingerprint density at radius 1 is 0.778 bits per heavy atom. The van der Waals surface area contributed by atoms with Crippen LogP contribution in [0.1, 0.15) is 16.8 Å². The molecule has 0 aliphatic carbocycles. The van der Waals surface area contributed by atoms with Gasteiger partial charge in [0.05, 0.1) is 23.1 Å². The van der Waals surface area contributed by atoms with Crippen LogP contribution in [0.4, 0.5) is 5.69 Å². The van der Waals surface area contributed by atoms with E-state index in [1.807, 2.05) is 42.6 Å². The monoisotopic (exact) mass is 368 g/mol. The van der Waals surface area contributed by atoms with E-state index in [9.17, 15) is 0 Å². The van der Waals surface area contributed by atoms with Gasteiger partial charge in [0.2, 0.25) is 0 Å². The van der Waals surface area contributed by atoms with Gasteiger partial charge in [-0.15, -0.1) is 0 Å². The second kappa shape index (κ2) is 7.77. The smallest absolute Gasteiger partial charge is 0.0820 e. The number of aromatic nitrogens is 1. The summed E-state index contributed by atoms with van der Waals surface area (Å²) in [6.45, 7) is 4.31. The molecule has 1 heterocycles. The van der Waals surface area contributed by atoms with Gasteiger partial charge in [-0.25, -0.2) is 4.98 Å². The van der Waals surface area contributed by atoms with Crippen molar-refractivity contribution in [2.75, 3.05) is 0 Å². The summed E-state index contributed by atoms with van der Waals surface area (Å²) in [5, 5.41) is 1.14. The molecule has 4 aromatic rings. The van der Waals surface area contributed by atoms with Crippen molar-refractivity contribution in [1.82, 2.24) is 4.98 Å². The summed E-state index contributed by atoms with van der Waals surface area (Å²) in [6.07, 6.45) is 1.84. The number of nitrogens with zero attached hydrogens (tertiary/aromatic N) is 2. The Morgan fingerprint density at radius 2 is 1.52 bits per heavy atom. The largest absolute Gasteiger partial charge is 0.253 e. The summed E-state index contributed by atoms with van der Waals surface area (Å²) in [5.74, 6) is 0. The van der Waals surface area contributed by atoms with Crippen LogP contribution >= 0.6 is 11.8 Å². The minimum Gasteiger partial charge on any atom is -0.253 e. The Kier molecular flexibility index (Phi) is 5.03. The Labute approximate surface area is 164 Å². The van der Waals surface area contributed by atoms with Crippen LogP contribution in [0, 0.1) is 13.8 Å². The van der Waals surface area contributed by atoms with Crippen LogP contribution in [0.3, 0.4) is 0 Å². The summed E-state index contributed by atoms with van der Waals surface area (Å²) < 4.78 is 0. The average molecular weight is 369 g/mol. The molecule has 3 aromatic carbocycles. The molecule has 0 bridgehead atoms. The molecule has 0 aliphatic rings. The maximum Gasteiger partial charge on any atom is 0.0820 e. The first-order valence-electron chi connectivity index (χ1n) is 8.94. The van der Waals surface area contributed by atoms with E-state index >= 15 is 0 Å². The molecular formula is C24H20N2S. The van der Waals surface area contributed by atoms with Crippen LogP contribution in [0.5, 0.6) is 0 Å². The highest BCUT2D eigenvalue weighted by atomic mass is 32.2. The van der Waals surface area contributed by atoms with E-state index in [0.717, 1.165) is 27.2 Å². The van der Waals surface area contributed by atoms with Crippen LogP contribution in [0.15, 0.2) is 93.6 Å². The molecule has 0 aliphatic heterocycles. The lowest BCUT2D eigenvalue weighted by Crippen LogP contribution is -1.88. The summed E-state index contributed by atoms with van der Waals surface area (Å²) in [4.78, 5) is 11.8. The van der Waals surface area contributed by atoms with E-state index in [1.54, 1.807) is 11.8 Å². The van der Waals surface area contributed by atoms with Crippen molar-refractivity contribution in [3.63, 3.8) is 0 Å². The number of benzene rings is 3. The highest BCUT2D eigenvalue weighted by Crippen LogP contribution is 2.38. The number of pyridine rings is 1. The molecule has 0 saturated heterocycles. The van der Waals surface area contributed by atoms with Crippen molar-refractivity contribution in [2.24, 2.45) is 4.99 Å². The van der Waals surface area contributed by atoms with E-state index in [4.69, 9.17) is 4.99 Å². The molecule has 0 fully saturated rings. The van der Waals surface area contributed by atoms with Gasteiger partial charge in [0, 0.05) is 15.2 Å². The van der Waals surface area contributed by atoms with Crippen LogP contribution < -0.4 is 0 Å². The molecule has 0 atom stereocenters. The fourth-order valence-corrected chi connectivity index (χ4v) is 4.06. The third-order valence-electron chi connectivity index (χ3n) is 4.44. The Bertz CT molecular complexity index is 1110.